The second kappa shape index (κ2) is 7.35. The van der Waals surface area contributed by atoms with Crippen molar-refractivity contribution >= 4 is 28.6 Å². The van der Waals surface area contributed by atoms with Crippen LogP contribution >= 0.6 is 11.6 Å². The van der Waals surface area contributed by atoms with Crippen molar-refractivity contribution in [1.82, 2.24) is 20.4 Å². The fraction of sp³-hybridized carbons (Fsp3) is 0.353. The number of nitrogen functional groups attached to an aromatic ring is 1. The molecule has 1 unspecified atom stereocenters. The lowest BCUT2D eigenvalue weighted by atomic mass is 10.2. The highest BCUT2D eigenvalue weighted by Crippen LogP contribution is 2.28. The molecule has 3 aromatic rings. The maximum absolute atomic E-state index is 6.14. The average Bonchev–Trinajstić information content (AvgIpc) is 3.30. The summed E-state index contributed by atoms with van der Waals surface area (Å²) in [6, 6.07) is 7.05. The quantitative estimate of drug-likeness (QED) is 0.681. The number of hydrogen-bond donors (Lipinski definition) is 2. The predicted molar refractivity (Wildman–Crippen MR) is 96.3 cm³/mol. The van der Waals surface area contributed by atoms with Crippen molar-refractivity contribution in [3.63, 3.8) is 0 Å². The lowest BCUT2D eigenvalue weighted by Gasteiger charge is -2.15. The van der Waals surface area contributed by atoms with Crippen LogP contribution in [0.25, 0.3) is 11.2 Å². The number of pyridine rings is 1. The first kappa shape index (κ1) is 16.9. The summed E-state index contributed by atoms with van der Waals surface area (Å²) in [5.41, 5.74) is 7.53. The number of fused-ring (bicyclic) bond motifs is 1. The first-order valence-corrected chi connectivity index (χ1v) is 8.69. The minimum Gasteiger partial charge on any atom is -0.490 e. The smallest absolute Gasteiger partial charge is 0.207 e. The Labute approximate surface area is 154 Å². The Morgan fingerprint density at radius 3 is 3.00 bits per heavy atom. The van der Waals surface area contributed by atoms with Crippen molar-refractivity contribution in [3.05, 3.63) is 34.9 Å². The van der Waals surface area contributed by atoms with Crippen LogP contribution in [-0.4, -0.2) is 39.7 Å². The van der Waals surface area contributed by atoms with E-state index in [1.54, 1.807) is 12.1 Å². The second-order valence-corrected chi connectivity index (χ2v) is 6.46. The number of H-pyrrole nitrogens is 1. The molecule has 9 heteroatoms. The Morgan fingerprint density at radius 1 is 1.23 bits per heavy atom. The van der Waals surface area contributed by atoms with E-state index in [9.17, 15) is 0 Å². The molecule has 3 N–H and O–H groups in total. The minimum absolute atomic E-state index is 0.134. The van der Waals surface area contributed by atoms with E-state index < -0.39 is 0 Å². The van der Waals surface area contributed by atoms with Gasteiger partial charge in [-0.2, -0.15) is 10.3 Å². The van der Waals surface area contributed by atoms with E-state index in [-0.39, 0.29) is 12.7 Å². The van der Waals surface area contributed by atoms with Crippen LogP contribution in [0.2, 0.25) is 5.02 Å². The molecule has 1 fully saturated rings. The number of rotatable bonds is 6. The van der Waals surface area contributed by atoms with E-state index in [0.717, 1.165) is 25.0 Å². The largest absolute Gasteiger partial charge is 0.490 e. The zero-order valence-electron chi connectivity index (χ0n) is 13.9. The van der Waals surface area contributed by atoms with E-state index in [4.69, 9.17) is 31.5 Å². The Hall–Kier alpha value is -2.58. The fourth-order valence-electron chi connectivity index (χ4n) is 2.85. The predicted octanol–water partition coefficient (Wildman–Crippen LogP) is 2.73. The summed E-state index contributed by atoms with van der Waals surface area (Å²) in [7, 11) is 0. The van der Waals surface area contributed by atoms with Crippen LogP contribution in [0.1, 0.15) is 18.4 Å². The summed E-state index contributed by atoms with van der Waals surface area (Å²) in [6.07, 6.45) is 2.22. The highest BCUT2D eigenvalue weighted by atomic mass is 35.5. The lowest BCUT2D eigenvalue weighted by Crippen LogP contribution is -2.17. The van der Waals surface area contributed by atoms with E-state index in [0.29, 0.717) is 40.1 Å². The molecule has 136 valence electrons. The summed E-state index contributed by atoms with van der Waals surface area (Å²) in [5, 5.41) is 11.1. The SMILES string of the molecule is Nc1cc(OCc2cc(Cl)ccc2OCC2CCCO2)c2n[nH]nc2n1. The van der Waals surface area contributed by atoms with Crippen molar-refractivity contribution in [2.24, 2.45) is 0 Å². The Balaban J connectivity index is 1.51. The number of hydrogen-bond acceptors (Lipinski definition) is 7. The van der Waals surface area contributed by atoms with Crippen molar-refractivity contribution in [3.8, 4) is 11.5 Å². The van der Waals surface area contributed by atoms with Crippen molar-refractivity contribution in [2.45, 2.75) is 25.6 Å². The molecule has 0 spiro atoms. The number of nitrogens with zero attached hydrogens (tertiary/aromatic N) is 3. The standard InChI is InChI=1S/C17H18ClN5O3/c18-11-3-4-13(26-9-12-2-1-5-24-12)10(6-11)8-25-14-7-15(19)20-17-16(14)21-23-22-17/h3-4,6-7,12H,1-2,5,8-9H2,(H3,19,20,21,22,23). The van der Waals surface area contributed by atoms with Crippen LogP contribution in [0.15, 0.2) is 24.3 Å². The third-order valence-corrected chi connectivity index (χ3v) is 4.37. The summed E-state index contributed by atoms with van der Waals surface area (Å²) >= 11 is 6.14. The van der Waals surface area contributed by atoms with E-state index in [1.807, 2.05) is 12.1 Å². The molecule has 4 rings (SSSR count). The number of anilines is 1. The van der Waals surface area contributed by atoms with Gasteiger partial charge in [0.25, 0.3) is 0 Å². The van der Waals surface area contributed by atoms with Crippen LogP contribution < -0.4 is 15.2 Å². The van der Waals surface area contributed by atoms with Gasteiger partial charge in [0.2, 0.25) is 5.65 Å². The van der Waals surface area contributed by atoms with Crippen molar-refractivity contribution < 1.29 is 14.2 Å². The summed E-state index contributed by atoms with van der Waals surface area (Å²) in [6.45, 7) is 1.54. The normalized spacial score (nSPS) is 16.9. The molecule has 0 bridgehead atoms. The highest BCUT2D eigenvalue weighted by Gasteiger charge is 2.17. The Morgan fingerprint density at radius 2 is 2.15 bits per heavy atom. The number of ether oxygens (including phenoxy) is 3. The Kier molecular flexibility index (Phi) is 4.77. The molecular formula is C17H18ClN5O3. The molecule has 26 heavy (non-hydrogen) atoms. The number of halogens is 1. The van der Waals surface area contributed by atoms with Gasteiger partial charge in [-0.05, 0) is 31.0 Å². The molecule has 8 nitrogen and oxygen atoms in total. The Bertz CT molecular complexity index is 911. The lowest BCUT2D eigenvalue weighted by molar-refractivity contribution is 0.0672. The molecular weight excluding hydrogens is 358 g/mol. The first-order chi connectivity index (χ1) is 12.7. The van der Waals surface area contributed by atoms with Crippen molar-refractivity contribution in [1.29, 1.82) is 0 Å². The van der Waals surface area contributed by atoms with Gasteiger partial charge in [-0.1, -0.05) is 11.6 Å². The third kappa shape index (κ3) is 3.66. The molecule has 0 radical (unpaired) electrons. The summed E-state index contributed by atoms with van der Waals surface area (Å²) in [4.78, 5) is 4.09. The molecule has 1 saturated heterocycles. The number of benzene rings is 1. The molecule has 0 saturated carbocycles. The van der Waals surface area contributed by atoms with Gasteiger partial charge >= 0.3 is 0 Å². The minimum atomic E-state index is 0.134. The fourth-order valence-corrected chi connectivity index (χ4v) is 3.05. The van der Waals surface area contributed by atoms with E-state index in [1.165, 1.54) is 0 Å². The number of nitrogens with two attached hydrogens (primary N) is 1. The van der Waals surface area contributed by atoms with Gasteiger partial charge in [-0.25, -0.2) is 4.98 Å². The van der Waals surface area contributed by atoms with Crippen LogP contribution in [0, 0.1) is 0 Å². The number of aromatic amines is 1. The molecule has 3 heterocycles. The van der Waals surface area contributed by atoms with Crippen LogP contribution in [0.3, 0.4) is 0 Å². The van der Waals surface area contributed by atoms with Gasteiger partial charge in [0.1, 0.15) is 24.8 Å². The first-order valence-electron chi connectivity index (χ1n) is 8.31. The van der Waals surface area contributed by atoms with Crippen LogP contribution in [0.4, 0.5) is 5.82 Å². The number of nitrogens with one attached hydrogen (secondary N) is 1. The molecule has 1 aliphatic rings. The summed E-state index contributed by atoms with van der Waals surface area (Å²) < 4.78 is 17.4. The zero-order valence-corrected chi connectivity index (χ0v) is 14.7. The van der Waals surface area contributed by atoms with Gasteiger partial charge in [0, 0.05) is 23.3 Å². The van der Waals surface area contributed by atoms with Gasteiger partial charge < -0.3 is 19.9 Å². The molecule has 0 amide bonds. The zero-order chi connectivity index (χ0) is 17.9. The highest BCUT2D eigenvalue weighted by molar-refractivity contribution is 6.30. The topological polar surface area (TPSA) is 108 Å². The van der Waals surface area contributed by atoms with E-state index >= 15 is 0 Å². The molecule has 1 aliphatic heterocycles. The van der Waals surface area contributed by atoms with Gasteiger partial charge in [0.05, 0.1) is 6.10 Å². The molecule has 1 atom stereocenters. The van der Waals surface area contributed by atoms with Crippen LogP contribution in [0.5, 0.6) is 11.5 Å². The molecule has 0 aliphatic carbocycles. The van der Waals surface area contributed by atoms with Gasteiger partial charge in [-0.3, -0.25) is 0 Å². The second-order valence-electron chi connectivity index (χ2n) is 6.03. The average molecular weight is 376 g/mol. The van der Waals surface area contributed by atoms with Gasteiger partial charge in [0.15, 0.2) is 11.3 Å². The third-order valence-electron chi connectivity index (χ3n) is 4.13. The maximum Gasteiger partial charge on any atom is 0.207 e. The van der Waals surface area contributed by atoms with Crippen molar-refractivity contribution in [2.75, 3.05) is 18.9 Å². The molecule has 2 aromatic heterocycles. The van der Waals surface area contributed by atoms with E-state index in [2.05, 4.69) is 20.4 Å². The number of aromatic nitrogens is 4. The monoisotopic (exact) mass is 375 g/mol. The van der Waals surface area contributed by atoms with Crippen LogP contribution in [-0.2, 0) is 11.3 Å². The van der Waals surface area contributed by atoms with Gasteiger partial charge in [-0.15, -0.1) is 5.10 Å². The maximum atomic E-state index is 6.14. The summed E-state index contributed by atoms with van der Waals surface area (Å²) in [5.74, 6) is 1.51. The molecule has 1 aromatic carbocycles.